The Morgan fingerprint density at radius 3 is 2.58 bits per heavy atom. The zero-order valence-corrected chi connectivity index (χ0v) is 11.3. The van der Waals surface area contributed by atoms with E-state index in [9.17, 15) is 8.42 Å². The summed E-state index contributed by atoms with van der Waals surface area (Å²) in [6.45, 7) is 1.26. The van der Waals surface area contributed by atoms with E-state index in [2.05, 4.69) is 14.7 Å². The van der Waals surface area contributed by atoms with E-state index in [-0.39, 0.29) is 11.1 Å². The molecule has 7 nitrogen and oxygen atoms in total. The van der Waals surface area contributed by atoms with Crippen LogP contribution in [0.15, 0.2) is 17.6 Å². The van der Waals surface area contributed by atoms with E-state index < -0.39 is 15.8 Å². The minimum atomic E-state index is -3.50. The Kier molecular flexibility index (Phi) is 3.34. The summed E-state index contributed by atoms with van der Waals surface area (Å²) in [5, 5.41) is 0.0983. The maximum absolute atomic E-state index is 12.0. The molecule has 1 saturated carbocycles. The molecule has 1 aliphatic heterocycles. The first-order valence-electron chi connectivity index (χ1n) is 6.38. The predicted molar refractivity (Wildman–Crippen MR) is 65.8 cm³/mol. The molecule has 0 amide bonds. The lowest BCUT2D eigenvalue weighted by atomic mass is 9.91. The van der Waals surface area contributed by atoms with Crippen LogP contribution in [0.4, 0.5) is 0 Å². The number of rotatable bonds is 3. The highest BCUT2D eigenvalue weighted by Crippen LogP contribution is 2.35. The zero-order valence-electron chi connectivity index (χ0n) is 10.5. The Balaban J connectivity index is 1.61. The van der Waals surface area contributed by atoms with Crippen LogP contribution in [0.25, 0.3) is 0 Å². The first-order chi connectivity index (χ1) is 9.10. The maximum atomic E-state index is 12.0. The number of nitrogens with one attached hydrogen (secondary N) is 2. The molecular formula is C11H17N3O4S. The lowest BCUT2D eigenvalue weighted by Gasteiger charge is -2.35. The number of imidazole rings is 1. The minimum absolute atomic E-state index is 0.0771. The summed E-state index contributed by atoms with van der Waals surface area (Å²) in [7, 11) is -3.50. The molecule has 1 aromatic rings. The number of nitrogens with zero attached hydrogens (tertiary/aromatic N) is 1. The van der Waals surface area contributed by atoms with E-state index in [4.69, 9.17) is 9.47 Å². The van der Waals surface area contributed by atoms with Crippen LogP contribution in [0, 0.1) is 0 Å². The van der Waals surface area contributed by atoms with Gasteiger partial charge in [-0.25, -0.2) is 18.1 Å². The Morgan fingerprint density at radius 2 is 2.00 bits per heavy atom. The highest BCUT2D eigenvalue weighted by molar-refractivity contribution is 7.89. The van der Waals surface area contributed by atoms with E-state index in [1.807, 2.05) is 0 Å². The van der Waals surface area contributed by atoms with Crippen LogP contribution in [0.2, 0.25) is 0 Å². The van der Waals surface area contributed by atoms with Crippen molar-refractivity contribution >= 4 is 10.0 Å². The average Bonchev–Trinajstić information content (AvgIpc) is 3.05. The lowest BCUT2D eigenvalue weighted by molar-refractivity contribution is -0.178. The van der Waals surface area contributed by atoms with Gasteiger partial charge in [-0.1, -0.05) is 0 Å². The van der Waals surface area contributed by atoms with E-state index in [0.717, 1.165) is 12.8 Å². The van der Waals surface area contributed by atoms with Crippen molar-refractivity contribution in [3.8, 4) is 0 Å². The summed E-state index contributed by atoms with van der Waals surface area (Å²) in [5.74, 6) is -0.462. The van der Waals surface area contributed by atoms with E-state index in [1.165, 1.54) is 12.5 Å². The summed E-state index contributed by atoms with van der Waals surface area (Å²) < 4.78 is 38.0. The molecule has 1 saturated heterocycles. The van der Waals surface area contributed by atoms with Gasteiger partial charge in [-0.15, -0.1) is 0 Å². The van der Waals surface area contributed by atoms with Crippen molar-refractivity contribution in [2.24, 2.45) is 0 Å². The lowest BCUT2D eigenvalue weighted by Crippen LogP contribution is -2.44. The minimum Gasteiger partial charge on any atom is -0.348 e. The molecule has 0 aromatic carbocycles. The molecule has 1 spiro atoms. The van der Waals surface area contributed by atoms with Gasteiger partial charge in [-0.05, 0) is 12.8 Å². The fourth-order valence-electron chi connectivity index (χ4n) is 2.63. The van der Waals surface area contributed by atoms with Gasteiger partial charge in [0.05, 0.1) is 25.7 Å². The zero-order chi connectivity index (χ0) is 13.3. The smallest absolute Gasteiger partial charge is 0.257 e. The Hall–Kier alpha value is -0.960. The van der Waals surface area contributed by atoms with Crippen molar-refractivity contribution in [1.82, 2.24) is 14.7 Å². The summed E-state index contributed by atoms with van der Waals surface area (Å²) >= 11 is 0. The number of aromatic nitrogens is 2. The quantitative estimate of drug-likeness (QED) is 0.838. The van der Waals surface area contributed by atoms with Crippen molar-refractivity contribution in [2.45, 2.75) is 42.5 Å². The molecular weight excluding hydrogens is 270 g/mol. The maximum Gasteiger partial charge on any atom is 0.257 e. The molecule has 2 aliphatic rings. The standard InChI is InChI=1S/C11H17N3O4S/c15-19(16,10-7-12-8-13-10)14-9-1-3-11(4-2-9)17-5-6-18-11/h7-9,14H,1-6H2,(H,12,13). The highest BCUT2D eigenvalue weighted by Gasteiger charge is 2.41. The SMILES string of the molecule is O=S(=O)(NC1CCC2(CC1)OCCO2)c1cnc[nH]1. The monoisotopic (exact) mass is 287 g/mol. The van der Waals surface area contributed by atoms with Crippen molar-refractivity contribution in [3.05, 3.63) is 12.5 Å². The number of aromatic amines is 1. The van der Waals surface area contributed by atoms with Crippen LogP contribution in [0.1, 0.15) is 25.7 Å². The molecule has 2 N–H and O–H groups in total. The predicted octanol–water partition coefficient (Wildman–Crippen LogP) is 0.374. The number of ether oxygens (including phenoxy) is 2. The summed E-state index contributed by atoms with van der Waals surface area (Å²) in [6.07, 6.45) is 5.54. The number of hydrogen-bond donors (Lipinski definition) is 2. The molecule has 2 heterocycles. The van der Waals surface area contributed by atoms with Gasteiger partial charge in [0.15, 0.2) is 10.8 Å². The number of sulfonamides is 1. The van der Waals surface area contributed by atoms with Crippen LogP contribution < -0.4 is 4.72 Å². The van der Waals surface area contributed by atoms with Gasteiger partial charge in [-0.3, -0.25) is 0 Å². The van der Waals surface area contributed by atoms with Crippen LogP contribution in [0.5, 0.6) is 0 Å². The van der Waals surface area contributed by atoms with Gasteiger partial charge < -0.3 is 14.5 Å². The highest BCUT2D eigenvalue weighted by atomic mass is 32.2. The Bertz CT molecular complexity index is 512. The molecule has 0 atom stereocenters. The molecule has 106 valence electrons. The molecule has 8 heteroatoms. The fourth-order valence-corrected chi connectivity index (χ4v) is 3.84. The van der Waals surface area contributed by atoms with Gasteiger partial charge >= 0.3 is 0 Å². The summed E-state index contributed by atoms with van der Waals surface area (Å²) in [5.41, 5.74) is 0. The summed E-state index contributed by atoms with van der Waals surface area (Å²) in [6, 6.07) is -0.0771. The molecule has 2 fully saturated rings. The van der Waals surface area contributed by atoms with Gasteiger partial charge in [0.25, 0.3) is 10.0 Å². The molecule has 3 rings (SSSR count). The van der Waals surface area contributed by atoms with Crippen molar-refractivity contribution < 1.29 is 17.9 Å². The van der Waals surface area contributed by atoms with Gasteiger partial charge in [0.1, 0.15) is 0 Å². The average molecular weight is 287 g/mol. The second kappa shape index (κ2) is 4.86. The Morgan fingerprint density at radius 1 is 1.32 bits per heavy atom. The first-order valence-corrected chi connectivity index (χ1v) is 7.87. The van der Waals surface area contributed by atoms with Crippen LogP contribution >= 0.6 is 0 Å². The second-order valence-electron chi connectivity index (χ2n) is 4.92. The molecule has 19 heavy (non-hydrogen) atoms. The van der Waals surface area contributed by atoms with Crippen LogP contribution in [0.3, 0.4) is 0 Å². The third-order valence-electron chi connectivity index (χ3n) is 3.65. The molecule has 0 radical (unpaired) electrons. The normalized spacial score (nSPS) is 24.0. The van der Waals surface area contributed by atoms with E-state index in [0.29, 0.717) is 26.1 Å². The second-order valence-corrected chi connectivity index (χ2v) is 6.60. The Labute approximate surface area is 111 Å². The molecule has 1 aromatic heterocycles. The van der Waals surface area contributed by atoms with E-state index in [1.54, 1.807) is 0 Å². The van der Waals surface area contributed by atoms with Crippen molar-refractivity contribution in [1.29, 1.82) is 0 Å². The van der Waals surface area contributed by atoms with Gasteiger partial charge in [0.2, 0.25) is 0 Å². The van der Waals surface area contributed by atoms with Gasteiger partial charge in [-0.2, -0.15) is 0 Å². The number of H-pyrrole nitrogens is 1. The molecule has 1 aliphatic carbocycles. The van der Waals surface area contributed by atoms with Crippen molar-refractivity contribution in [3.63, 3.8) is 0 Å². The van der Waals surface area contributed by atoms with Crippen LogP contribution in [-0.4, -0.2) is 43.4 Å². The topological polar surface area (TPSA) is 93.3 Å². The van der Waals surface area contributed by atoms with Gasteiger partial charge in [0, 0.05) is 18.9 Å². The molecule has 0 bridgehead atoms. The fraction of sp³-hybridized carbons (Fsp3) is 0.727. The third kappa shape index (κ3) is 2.66. The number of hydrogen-bond acceptors (Lipinski definition) is 5. The van der Waals surface area contributed by atoms with E-state index >= 15 is 0 Å². The first kappa shape index (κ1) is 13.0. The van der Waals surface area contributed by atoms with Crippen LogP contribution in [-0.2, 0) is 19.5 Å². The molecule has 0 unspecified atom stereocenters. The summed E-state index contributed by atoms with van der Waals surface area (Å²) in [4.78, 5) is 6.33. The van der Waals surface area contributed by atoms with Crippen molar-refractivity contribution in [2.75, 3.05) is 13.2 Å². The third-order valence-corrected chi connectivity index (χ3v) is 5.09. The largest absolute Gasteiger partial charge is 0.348 e.